The number of nitrogens with zero attached hydrogens (tertiary/aromatic N) is 3. The van der Waals surface area contributed by atoms with E-state index in [0.29, 0.717) is 0 Å². The molecular formula is C66H36N3O3PS. The number of furan rings is 3. The first-order valence-corrected chi connectivity index (χ1v) is 27.8. The van der Waals surface area contributed by atoms with Gasteiger partial charge in [-0.15, -0.1) is 0 Å². The van der Waals surface area contributed by atoms with Gasteiger partial charge in [-0.25, -0.2) is 0 Å². The Bertz CT molecular complexity index is 4550. The van der Waals surface area contributed by atoms with Crippen molar-refractivity contribution < 1.29 is 13.3 Å². The van der Waals surface area contributed by atoms with E-state index in [0.717, 1.165) is 133 Å². The van der Waals surface area contributed by atoms with E-state index in [-0.39, 0.29) is 0 Å². The molecule has 0 saturated heterocycles. The van der Waals surface area contributed by atoms with E-state index in [1.165, 1.54) is 32.1 Å². The minimum Gasteiger partial charge on any atom is -0.456 e. The fraction of sp³-hybridized carbons (Fsp3) is 0. The fourth-order valence-corrected chi connectivity index (χ4v) is 18.3. The van der Waals surface area contributed by atoms with Crippen LogP contribution in [-0.2, 0) is 11.8 Å². The molecule has 0 bridgehead atoms. The molecule has 8 heteroatoms. The van der Waals surface area contributed by atoms with Crippen molar-refractivity contribution >= 4 is 183 Å². The number of anilines is 9. The first-order valence-electron chi connectivity index (χ1n) is 25.0. The van der Waals surface area contributed by atoms with E-state index >= 15 is 0 Å². The molecule has 3 aromatic heterocycles. The standard InChI is InChI=1S/C66H36N3O3PS/c74-73-64-52-16-7-18-54(64)68(44-23-26-59-50(35-44)47-29-38-11-2-5-14-41(38)32-62(47)71-59)56-20-9-21-57(66(56)73)69(45-24-27-60-51(36-45)48-30-39-12-3-6-15-42(39)33-63(48)72-60)55-19-8-17-53(65(55)73)67(52)43-22-25-58-49(34-43)46-28-37-10-1-4-13-40(37)31-61(46)70-58/h1-36H. The van der Waals surface area contributed by atoms with Crippen molar-refractivity contribution in [2.24, 2.45) is 0 Å². The zero-order valence-electron chi connectivity index (χ0n) is 39.2. The predicted molar refractivity (Wildman–Crippen MR) is 312 cm³/mol. The van der Waals surface area contributed by atoms with E-state index in [2.05, 4.69) is 233 Å². The van der Waals surface area contributed by atoms with Crippen LogP contribution in [0, 0.1) is 0 Å². The summed E-state index contributed by atoms with van der Waals surface area (Å²) in [5.74, 6) is 0. The van der Waals surface area contributed by atoms with Crippen LogP contribution in [0.15, 0.2) is 232 Å². The summed E-state index contributed by atoms with van der Waals surface area (Å²) in [4.78, 5) is 7.39. The van der Waals surface area contributed by atoms with Gasteiger partial charge in [0.15, 0.2) is 0 Å². The smallest absolute Gasteiger partial charge is 0.136 e. The van der Waals surface area contributed by atoms with Crippen molar-refractivity contribution in [1.82, 2.24) is 0 Å². The summed E-state index contributed by atoms with van der Waals surface area (Å²) < 4.78 is 19.8. The van der Waals surface area contributed by atoms with Crippen molar-refractivity contribution in [3.05, 3.63) is 218 Å². The quantitative estimate of drug-likeness (QED) is 0.164. The second kappa shape index (κ2) is 13.9. The van der Waals surface area contributed by atoms with Crippen LogP contribution >= 0.6 is 6.04 Å². The van der Waals surface area contributed by atoms with E-state index in [1.54, 1.807) is 0 Å². The summed E-state index contributed by atoms with van der Waals surface area (Å²) in [5, 5.41) is 17.1. The van der Waals surface area contributed by atoms with Gasteiger partial charge in [0.1, 0.15) is 33.5 Å². The van der Waals surface area contributed by atoms with Crippen LogP contribution in [0.3, 0.4) is 0 Å². The van der Waals surface area contributed by atoms with Crippen LogP contribution in [0.5, 0.6) is 0 Å². The molecule has 0 aliphatic carbocycles. The van der Waals surface area contributed by atoms with Gasteiger partial charge in [0.2, 0.25) is 0 Å². The molecule has 3 aliphatic heterocycles. The molecule has 344 valence electrons. The molecule has 0 unspecified atom stereocenters. The van der Waals surface area contributed by atoms with Crippen molar-refractivity contribution in [3.63, 3.8) is 0 Å². The summed E-state index contributed by atoms with van der Waals surface area (Å²) in [6.07, 6.45) is 0. The predicted octanol–water partition coefficient (Wildman–Crippen LogP) is 17.9. The molecular weight excluding hydrogens is 946 g/mol. The highest BCUT2D eigenvalue weighted by Gasteiger charge is 2.51. The van der Waals surface area contributed by atoms with E-state index in [4.69, 9.17) is 25.1 Å². The molecule has 0 amide bonds. The average Bonchev–Trinajstić information content (AvgIpc) is 4.24. The van der Waals surface area contributed by atoms with Gasteiger partial charge in [0, 0.05) is 65.3 Å². The van der Waals surface area contributed by atoms with Crippen LogP contribution < -0.4 is 30.6 Å². The largest absolute Gasteiger partial charge is 0.456 e. The highest BCUT2D eigenvalue weighted by atomic mass is 32.4. The summed E-state index contributed by atoms with van der Waals surface area (Å²) in [5.41, 5.74) is 14.8. The maximum atomic E-state index is 7.60. The number of fused-ring (bicyclic) bond motifs is 12. The monoisotopic (exact) mass is 981 g/mol. The highest BCUT2D eigenvalue weighted by molar-refractivity contribution is 8.26. The molecule has 0 radical (unpaired) electrons. The average molecular weight is 982 g/mol. The number of hydrogen-bond donors (Lipinski definition) is 0. The zero-order chi connectivity index (χ0) is 48.1. The Kier molecular flexibility index (Phi) is 7.40. The lowest BCUT2D eigenvalue weighted by molar-refractivity contribution is 0.669. The first-order chi connectivity index (χ1) is 36.5. The van der Waals surface area contributed by atoms with Gasteiger partial charge in [-0.1, -0.05) is 103 Å². The van der Waals surface area contributed by atoms with Gasteiger partial charge in [0.25, 0.3) is 0 Å². The molecule has 15 aromatic rings. The molecule has 6 nitrogen and oxygen atoms in total. The molecule has 3 aliphatic rings. The molecule has 6 heterocycles. The van der Waals surface area contributed by atoms with Crippen LogP contribution in [0.1, 0.15) is 0 Å². The Morgan fingerprint density at radius 3 is 0.797 bits per heavy atom. The maximum absolute atomic E-state index is 7.60. The third-order valence-electron chi connectivity index (χ3n) is 16.1. The Morgan fingerprint density at radius 2 is 0.514 bits per heavy atom. The van der Waals surface area contributed by atoms with E-state index in [1.807, 2.05) is 0 Å². The second-order valence-corrected chi connectivity index (χ2v) is 24.2. The normalized spacial score (nSPS) is 14.3. The van der Waals surface area contributed by atoms with Gasteiger partial charge in [0.05, 0.1) is 40.2 Å². The van der Waals surface area contributed by atoms with E-state index < -0.39 is 6.04 Å². The van der Waals surface area contributed by atoms with Gasteiger partial charge >= 0.3 is 0 Å². The Hall–Kier alpha value is -9.13. The SMILES string of the molecule is S=P12c3c4cccc3N(c3ccc5oc6cc7ccccc7cc6c5c3)c3cccc(c31)N(c1ccc3oc5cc6ccccc6cc5c3c1)c1cccc(c12)N4c1ccc2oc3cc4ccccc4cc3c2c1. The van der Waals surface area contributed by atoms with Gasteiger partial charge in [-0.2, -0.15) is 0 Å². The summed E-state index contributed by atoms with van der Waals surface area (Å²) in [7, 11) is 0. The number of benzene rings is 12. The Morgan fingerprint density at radius 1 is 0.257 bits per heavy atom. The second-order valence-electron chi connectivity index (χ2n) is 20.0. The third-order valence-corrected chi connectivity index (χ3v) is 21.0. The summed E-state index contributed by atoms with van der Waals surface area (Å²) in [6, 6.07) is 76.3. The minimum atomic E-state index is -2.81. The molecule has 74 heavy (non-hydrogen) atoms. The fourth-order valence-electron chi connectivity index (χ4n) is 12.9. The van der Waals surface area contributed by atoms with Gasteiger partial charge in [-0.05, 0) is 160 Å². The van der Waals surface area contributed by atoms with Crippen molar-refractivity contribution in [2.45, 2.75) is 0 Å². The minimum absolute atomic E-state index is 0.854. The molecule has 0 atom stereocenters. The topological polar surface area (TPSA) is 49.1 Å². The van der Waals surface area contributed by atoms with Crippen molar-refractivity contribution in [2.75, 3.05) is 14.7 Å². The zero-order valence-corrected chi connectivity index (χ0v) is 40.9. The number of hydrogen-bond acceptors (Lipinski definition) is 7. The van der Waals surface area contributed by atoms with E-state index in [9.17, 15) is 0 Å². The molecule has 18 rings (SSSR count). The lowest BCUT2D eigenvalue weighted by Crippen LogP contribution is -2.47. The molecule has 12 aromatic carbocycles. The molecule has 0 fully saturated rings. The summed E-state index contributed by atoms with van der Waals surface area (Å²) >= 11 is 7.60. The van der Waals surface area contributed by atoms with Crippen LogP contribution in [-0.4, -0.2) is 0 Å². The van der Waals surface area contributed by atoms with Crippen molar-refractivity contribution in [1.29, 1.82) is 0 Å². The lowest BCUT2D eigenvalue weighted by atomic mass is 10.0. The molecule has 0 spiro atoms. The summed E-state index contributed by atoms with van der Waals surface area (Å²) in [6.45, 7) is 0. The lowest BCUT2D eigenvalue weighted by Gasteiger charge is -2.51. The highest BCUT2D eigenvalue weighted by Crippen LogP contribution is 2.67. The Balaban J connectivity index is 0.923. The maximum Gasteiger partial charge on any atom is 0.136 e. The van der Waals surface area contributed by atoms with Crippen LogP contribution in [0.4, 0.5) is 51.2 Å². The number of rotatable bonds is 3. The van der Waals surface area contributed by atoms with Gasteiger partial charge in [-0.3, -0.25) is 0 Å². The van der Waals surface area contributed by atoms with Crippen LogP contribution in [0.25, 0.3) is 98.1 Å². The third kappa shape index (κ3) is 5.02. The Labute approximate surface area is 427 Å². The van der Waals surface area contributed by atoms with Crippen LogP contribution in [0.2, 0.25) is 0 Å². The molecule has 0 saturated carbocycles. The first kappa shape index (κ1) is 39.5. The molecule has 0 N–H and O–H groups in total. The van der Waals surface area contributed by atoms with Crippen molar-refractivity contribution in [3.8, 4) is 0 Å². The van der Waals surface area contributed by atoms with Gasteiger partial charge < -0.3 is 28.0 Å².